The van der Waals surface area contributed by atoms with Crippen molar-refractivity contribution >= 4 is 55.6 Å². The standard InChI is InChI=1S/C26H22Cl2N4OS/c27-17-3-1-4-18(28)21(17)22-20(23(33-31-22)15-6-7-15)16-13-26(14-16)8-11-32(12-9-26)25-30-24-19(34-25)5-2-10-29-24/h1-5,10,13,15H,6-9,11-12,14H2. The number of pyridine rings is 1. The molecule has 4 aromatic rings. The van der Waals surface area contributed by atoms with Crippen LogP contribution in [0.2, 0.25) is 10.0 Å². The molecule has 172 valence electrons. The Bertz CT molecular complexity index is 1390. The fraction of sp³-hybridized carbons (Fsp3) is 0.346. The average molecular weight is 509 g/mol. The maximum Gasteiger partial charge on any atom is 0.188 e. The second kappa shape index (κ2) is 7.80. The summed E-state index contributed by atoms with van der Waals surface area (Å²) < 4.78 is 7.04. The van der Waals surface area contributed by atoms with Gasteiger partial charge in [-0.25, -0.2) is 4.98 Å². The first-order chi connectivity index (χ1) is 16.6. The Morgan fingerprint density at radius 1 is 1.03 bits per heavy atom. The zero-order chi connectivity index (χ0) is 22.9. The van der Waals surface area contributed by atoms with Crippen LogP contribution in [0.4, 0.5) is 5.13 Å². The minimum absolute atomic E-state index is 0.237. The van der Waals surface area contributed by atoms with Crippen molar-refractivity contribution in [2.24, 2.45) is 5.41 Å². The molecule has 1 saturated heterocycles. The minimum atomic E-state index is 0.237. The zero-order valence-electron chi connectivity index (χ0n) is 18.4. The first kappa shape index (κ1) is 20.9. The number of piperidine rings is 1. The number of nitrogens with zero attached hydrogens (tertiary/aromatic N) is 4. The van der Waals surface area contributed by atoms with Crippen molar-refractivity contribution in [1.29, 1.82) is 0 Å². The van der Waals surface area contributed by atoms with Gasteiger partial charge in [0.1, 0.15) is 11.5 Å². The Balaban J connectivity index is 1.17. The van der Waals surface area contributed by atoms with E-state index in [2.05, 4.69) is 27.2 Å². The van der Waals surface area contributed by atoms with Crippen LogP contribution in [0.5, 0.6) is 0 Å². The lowest BCUT2D eigenvalue weighted by Gasteiger charge is -2.46. The summed E-state index contributed by atoms with van der Waals surface area (Å²) in [4.78, 5) is 11.6. The van der Waals surface area contributed by atoms with E-state index in [1.807, 2.05) is 30.5 Å². The summed E-state index contributed by atoms with van der Waals surface area (Å²) >= 11 is 14.8. The van der Waals surface area contributed by atoms with E-state index in [1.54, 1.807) is 11.3 Å². The van der Waals surface area contributed by atoms with Gasteiger partial charge < -0.3 is 9.42 Å². The van der Waals surface area contributed by atoms with Crippen molar-refractivity contribution in [3.8, 4) is 11.3 Å². The lowest BCUT2D eigenvalue weighted by atomic mass is 9.63. The highest BCUT2D eigenvalue weighted by molar-refractivity contribution is 7.22. The second-order valence-corrected chi connectivity index (χ2v) is 11.5. The number of anilines is 1. The summed E-state index contributed by atoms with van der Waals surface area (Å²) in [5, 5.41) is 6.77. The molecule has 2 fully saturated rings. The van der Waals surface area contributed by atoms with Gasteiger partial charge in [-0.05, 0) is 67.4 Å². The van der Waals surface area contributed by atoms with E-state index >= 15 is 0 Å². The van der Waals surface area contributed by atoms with Gasteiger partial charge in [0.05, 0.1) is 14.7 Å². The topological polar surface area (TPSA) is 55.1 Å². The van der Waals surface area contributed by atoms with Gasteiger partial charge in [0.15, 0.2) is 10.8 Å². The highest BCUT2D eigenvalue weighted by atomic mass is 35.5. The van der Waals surface area contributed by atoms with Gasteiger partial charge in [-0.1, -0.05) is 51.8 Å². The number of fused-ring (bicyclic) bond motifs is 1. The van der Waals surface area contributed by atoms with Crippen LogP contribution >= 0.6 is 34.5 Å². The van der Waals surface area contributed by atoms with Gasteiger partial charge in [-0.3, -0.25) is 0 Å². The molecule has 34 heavy (non-hydrogen) atoms. The number of aromatic nitrogens is 3. The van der Waals surface area contributed by atoms with Crippen molar-refractivity contribution in [1.82, 2.24) is 15.1 Å². The maximum atomic E-state index is 6.55. The summed E-state index contributed by atoms with van der Waals surface area (Å²) in [5.41, 5.74) is 5.10. The lowest BCUT2D eigenvalue weighted by molar-refractivity contribution is 0.277. The van der Waals surface area contributed by atoms with Crippen LogP contribution in [0.1, 0.15) is 49.3 Å². The number of rotatable bonds is 4. The van der Waals surface area contributed by atoms with Gasteiger partial charge in [0, 0.05) is 36.3 Å². The SMILES string of the molecule is Clc1cccc(Cl)c1-c1noc(C2CC2)c1C1=CC2(CCN(c3nc4ncccc4s3)CC2)C1. The molecular formula is C26H22Cl2N4OS. The summed E-state index contributed by atoms with van der Waals surface area (Å²) in [6, 6.07) is 9.66. The summed E-state index contributed by atoms with van der Waals surface area (Å²) in [5.74, 6) is 1.47. The largest absolute Gasteiger partial charge is 0.360 e. The number of hydrogen-bond acceptors (Lipinski definition) is 6. The molecule has 0 unspecified atom stereocenters. The molecule has 1 saturated carbocycles. The van der Waals surface area contributed by atoms with E-state index in [9.17, 15) is 0 Å². The smallest absolute Gasteiger partial charge is 0.188 e. The molecule has 3 aromatic heterocycles. The van der Waals surface area contributed by atoms with E-state index < -0.39 is 0 Å². The van der Waals surface area contributed by atoms with Crippen molar-refractivity contribution in [3.05, 3.63) is 64.0 Å². The van der Waals surface area contributed by atoms with Crippen LogP contribution in [0, 0.1) is 5.41 Å². The van der Waals surface area contributed by atoms with Crippen LogP contribution in [0.15, 0.2) is 47.1 Å². The number of allylic oxidation sites excluding steroid dienone is 2. The third-order valence-corrected chi connectivity index (χ3v) is 9.09. The molecule has 0 atom stereocenters. The molecule has 0 bridgehead atoms. The minimum Gasteiger partial charge on any atom is -0.360 e. The Labute approximate surface area is 211 Å². The number of thiazole rings is 1. The monoisotopic (exact) mass is 508 g/mol. The fourth-order valence-corrected chi connectivity index (χ4v) is 6.92. The second-order valence-electron chi connectivity index (χ2n) is 9.66. The van der Waals surface area contributed by atoms with Gasteiger partial charge in [0.25, 0.3) is 0 Å². The predicted octanol–water partition coefficient (Wildman–Crippen LogP) is 7.60. The summed E-state index contributed by atoms with van der Waals surface area (Å²) in [7, 11) is 0. The van der Waals surface area contributed by atoms with Gasteiger partial charge in [-0.2, -0.15) is 4.98 Å². The zero-order valence-corrected chi connectivity index (χ0v) is 20.8. The van der Waals surface area contributed by atoms with Crippen molar-refractivity contribution in [2.75, 3.05) is 18.0 Å². The quantitative estimate of drug-likeness (QED) is 0.284. The third kappa shape index (κ3) is 3.38. The number of benzene rings is 1. The molecule has 1 aromatic carbocycles. The Kier molecular flexibility index (Phi) is 4.80. The molecule has 8 heteroatoms. The van der Waals surface area contributed by atoms with Crippen LogP contribution in [-0.4, -0.2) is 28.2 Å². The first-order valence-electron chi connectivity index (χ1n) is 11.7. The van der Waals surface area contributed by atoms with Crippen molar-refractivity contribution in [3.63, 3.8) is 0 Å². The van der Waals surface area contributed by atoms with Gasteiger partial charge in [0.2, 0.25) is 0 Å². The molecule has 2 aliphatic carbocycles. The maximum absolute atomic E-state index is 6.55. The number of halogens is 2. The van der Waals surface area contributed by atoms with Crippen LogP contribution in [-0.2, 0) is 0 Å². The van der Waals surface area contributed by atoms with E-state index in [1.165, 1.54) is 5.57 Å². The Morgan fingerprint density at radius 3 is 2.50 bits per heavy atom. The van der Waals surface area contributed by atoms with Gasteiger partial charge in [-0.15, -0.1) is 0 Å². The Morgan fingerprint density at radius 2 is 1.79 bits per heavy atom. The molecular weight excluding hydrogens is 487 g/mol. The van der Waals surface area contributed by atoms with Crippen LogP contribution in [0.3, 0.4) is 0 Å². The molecule has 5 nitrogen and oxygen atoms in total. The van der Waals surface area contributed by atoms with Crippen LogP contribution in [0.25, 0.3) is 27.2 Å². The van der Waals surface area contributed by atoms with Crippen LogP contribution < -0.4 is 4.90 Å². The molecule has 3 aliphatic rings. The molecule has 4 heterocycles. The normalized spacial score (nSPS) is 19.5. The van der Waals surface area contributed by atoms with E-state index in [0.29, 0.717) is 16.0 Å². The molecule has 0 N–H and O–H groups in total. The fourth-order valence-electron chi connectivity index (χ4n) is 5.37. The molecule has 1 aliphatic heterocycles. The van der Waals surface area contributed by atoms with Crippen molar-refractivity contribution < 1.29 is 4.52 Å². The predicted molar refractivity (Wildman–Crippen MR) is 138 cm³/mol. The summed E-state index contributed by atoms with van der Waals surface area (Å²) in [6.45, 7) is 2.01. The third-order valence-electron chi connectivity index (χ3n) is 7.39. The highest BCUT2D eigenvalue weighted by Gasteiger charge is 2.44. The van der Waals surface area contributed by atoms with E-state index in [0.717, 1.165) is 83.3 Å². The van der Waals surface area contributed by atoms with Crippen molar-refractivity contribution in [2.45, 2.75) is 38.0 Å². The number of hydrogen-bond donors (Lipinski definition) is 0. The summed E-state index contributed by atoms with van der Waals surface area (Å²) in [6.07, 6.45) is 9.86. The first-order valence-corrected chi connectivity index (χ1v) is 13.3. The molecule has 7 rings (SSSR count). The Hall–Kier alpha value is -2.41. The molecule has 1 spiro atoms. The van der Waals surface area contributed by atoms with Gasteiger partial charge >= 0.3 is 0 Å². The van der Waals surface area contributed by atoms with E-state index in [4.69, 9.17) is 32.7 Å². The average Bonchev–Trinajstić information content (AvgIpc) is 3.43. The lowest BCUT2D eigenvalue weighted by Crippen LogP contribution is -2.42. The molecule has 0 radical (unpaired) electrons. The van der Waals surface area contributed by atoms with E-state index in [-0.39, 0.29) is 5.41 Å². The molecule has 0 amide bonds. The highest BCUT2D eigenvalue weighted by Crippen LogP contribution is 2.56.